The molecule has 0 aliphatic carbocycles. The Bertz CT molecular complexity index is 267. The number of likely N-dealkylation sites (N-methyl/N-ethyl adjacent to an activating group) is 1. The highest BCUT2D eigenvalue weighted by Gasteiger charge is 2.18. The molecule has 0 radical (unpaired) electrons. The van der Waals surface area contributed by atoms with Crippen molar-refractivity contribution in [2.75, 3.05) is 46.8 Å². The molecule has 1 unspecified atom stereocenters. The van der Waals surface area contributed by atoms with Crippen molar-refractivity contribution < 1.29 is 5.11 Å². The van der Waals surface area contributed by atoms with Crippen LogP contribution in [0.25, 0.3) is 0 Å². The van der Waals surface area contributed by atoms with Gasteiger partial charge in [0, 0.05) is 25.7 Å². The lowest BCUT2D eigenvalue weighted by atomic mass is 10.0. The van der Waals surface area contributed by atoms with Gasteiger partial charge in [-0.05, 0) is 53.9 Å². The number of nitrogens with one attached hydrogen (secondary N) is 1. The summed E-state index contributed by atoms with van der Waals surface area (Å²) in [5.74, 6) is 0. The van der Waals surface area contributed by atoms with Gasteiger partial charge in [0.05, 0.1) is 6.10 Å². The molecule has 1 saturated heterocycles. The number of nitrogens with zero attached hydrogens (tertiary/aromatic N) is 2. The van der Waals surface area contributed by atoms with E-state index in [1.165, 1.54) is 18.4 Å². The van der Waals surface area contributed by atoms with Crippen LogP contribution in [0.2, 0.25) is 0 Å². The average molecular weight is 269 g/mol. The van der Waals surface area contributed by atoms with Crippen LogP contribution in [0, 0.1) is 0 Å². The van der Waals surface area contributed by atoms with Crippen molar-refractivity contribution in [1.29, 1.82) is 0 Å². The van der Waals surface area contributed by atoms with Gasteiger partial charge in [-0.15, -0.1) is 0 Å². The summed E-state index contributed by atoms with van der Waals surface area (Å²) in [6.07, 6.45) is 4.41. The molecule has 0 aromatic rings. The molecule has 0 bridgehead atoms. The van der Waals surface area contributed by atoms with Gasteiger partial charge in [0.15, 0.2) is 0 Å². The molecular weight excluding hydrogens is 238 g/mol. The van der Waals surface area contributed by atoms with Crippen molar-refractivity contribution in [2.24, 2.45) is 0 Å². The molecule has 4 heteroatoms. The summed E-state index contributed by atoms with van der Waals surface area (Å²) in [5, 5.41) is 13.3. The van der Waals surface area contributed by atoms with E-state index in [1.807, 2.05) is 19.0 Å². The van der Waals surface area contributed by atoms with Crippen LogP contribution in [-0.2, 0) is 0 Å². The maximum absolute atomic E-state index is 9.83. The van der Waals surface area contributed by atoms with E-state index in [1.54, 1.807) is 0 Å². The molecule has 0 aromatic carbocycles. The van der Waals surface area contributed by atoms with Crippen LogP contribution in [0.15, 0.2) is 11.6 Å². The first-order chi connectivity index (χ1) is 8.97. The van der Waals surface area contributed by atoms with Gasteiger partial charge in [0.1, 0.15) is 0 Å². The minimum Gasteiger partial charge on any atom is -0.390 e. The van der Waals surface area contributed by atoms with E-state index in [0.29, 0.717) is 12.6 Å². The topological polar surface area (TPSA) is 38.7 Å². The van der Waals surface area contributed by atoms with Crippen molar-refractivity contribution in [2.45, 2.75) is 38.8 Å². The van der Waals surface area contributed by atoms with Crippen LogP contribution < -0.4 is 5.32 Å². The molecule has 1 heterocycles. The van der Waals surface area contributed by atoms with Gasteiger partial charge in [-0.25, -0.2) is 0 Å². The van der Waals surface area contributed by atoms with E-state index in [-0.39, 0.29) is 6.10 Å². The van der Waals surface area contributed by atoms with E-state index in [9.17, 15) is 5.11 Å². The molecule has 19 heavy (non-hydrogen) atoms. The molecule has 112 valence electrons. The Labute approximate surface area is 118 Å². The standard InChI is InChI=1S/C15H31N3O/c1-13(2)5-8-18-9-6-14(7-10-18)16-11-15(19)12-17(3)4/h5,14-16,19H,6-12H2,1-4H3. The van der Waals surface area contributed by atoms with Crippen LogP contribution in [0.4, 0.5) is 0 Å². The van der Waals surface area contributed by atoms with Gasteiger partial charge in [0.25, 0.3) is 0 Å². The quantitative estimate of drug-likeness (QED) is 0.675. The maximum Gasteiger partial charge on any atom is 0.0791 e. The molecule has 1 fully saturated rings. The highest BCUT2D eigenvalue weighted by molar-refractivity contribution is 4.95. The molecule has 1 atom stereocenters. The largest absolute Gasteiger partial charge is 0.390 e. The Morgan fingerprint density at radius 1 is 1.37 bits per heavy atom. The second-order valence-electron chi connectivity index (χ2n) is 6.18. The molecule has 2 N–H and O–H groups in total. The van der Waals surface area contributed by atoms with Gasteiger partial charge >= 0.3 is 0 Å². The van der Waals surface area contributed by atoms with Crippen molar-refractivity contribution in [3.05, 3.63) is 11.6 Å². The summed E-state index contributed by atoms with van der Waals surface area (Å²) >= 11 is 0. The lowest BCUT2D eigenvalue weighted by Crippen LogP contribution is -2.46. The molecule has 0 saturated carbocycles. The predicted molar refractivity (Wildman–Crippen MR) is 81.5 cm³/mol. The molecule has 0 aromatic heterocycles. The number of rotatable bonds is 7. The van der Waals surface area contributed by atoms with Crippen molar-refractivity contribution in [1.82, 2.24) is 15.1 Å². The Balaban J connectivity index is 2.14. The van der Waals surface area contributed by atoms with Crippen molar-refractivity contribution in [3.8, 4) is 0 Å². The monoisotopic (exact) mass is 269 g/mol. The molecular formula is C15H31N3O. The first-order valence-corrected chi connectivity index (χ1v) is 7.39. The van der Waals surface area contributed by atoms with E-state index in [0.717, 1.165) is 26.2 Å². The zero-order valence-corrected chi connectivity index (χ0v) is 13.0. The summed E-state index contributed by atoms with van der Waals surface area (Å²) in [5.41, 5.74) is 1.40. The van der Waals surface area contributed by atoms with Gasteiger partial charge in [-0.2, -0.15) is 0 Å². The second-order valence-corrected chi connectivity index (χ2v) is 6.18. The molecule has 0 spiro atoms. The van der Waals surface area contributed by atoms with Gasteiger partial charge in [-0.1, -0.05) is 11.6 Å². The predicted octanol–water partition coefficient (Wildman–Crippen LogP) is 0.929. The minimum absolute atomic E-state index is 0.265. The van der Waals surface area contributed by atoms with E-state index < -0.39 is 0 Å². The maximum atomic E-state index is 9.83. The van der Waals surface area contributed by atoms with Crippen LogP contribution in [0.1, 0.15) is 26.7 Å². The van der Waals surface area contributed by atoms with Gasteiger partial charge in [-0.3, -0.25) is 4.90 Å². The third kappa shape index (κ3) is 7.67. The Kier molecular flexibility index (Phi) is 7.61. The van der Waals surface area contributed by atoms with E-state index in [2.05, 4.69) is 30.1 Å². The van der Waals surface area contributed by atoms with Crippen LogP contribution in [0.5, 0.6) is 0 Å². The lowest BCUT2D eigenvalue weighted by molar-refractivity contribution is 0.124. The number of aliphatic hydroxyl groups is 1. The van der Waals surface area contributed by atoms with Crippen molar-refractivity contribution >= 4 is 0 Å². The van der Waals surface area contributed by atoms with E-state index >= 15 is 0 Å². The normalized spacial score (nSPS) is 19.7. The second kappa shape index (κ2) is 8.69. The summed E-state index contributed by atoms with van der Waals surface area (Å²) in [6.45, 7) is 9.14. The zero-order valence-electron chi connectivity index (χ0n) is 13.0. The van der Waals surface area contributed by atoms with Crippen LogP contribution >= 0.6 is 0 Å². The molecule has 4 nitrogen and oxygen atoms in total. The summed E-state index contributed by atoms with van der Waals surface area (Å²) in [7, 11) is 3.98. The minimum atomic E-state index is -0.265. The fourth-order valence-electron chi connectivity index (χ4n) is 2.42. The highest BCUT2D eigenvalue weighted by Crippen LogP contribution is 2.10. The number of piperidine rings is 1. The van der Waals surface area contributed by atoms with Crippen molar-refractivity contribution in [3.63, 3.8) is 0 Å². The molecule has 0 amide bonds. The lowest BCUT2D eigenvalue weighted by Gasteiger charge is -2.32. The summed E-state index contributed by atoms with van der Waals surface area (Å²) < 4.78 is 0. The van der Waals surface area contributed by atoms with Gasteiger partial charge in [0.2, 0.25) is 0 Å². The third-order valence-corrected chi connectivity index (χ3v) is 3.56. The Hall–Kier alpha value is -0.420. The molecule has 1 rings (SSSR count). The van der Waals surface area contributed by atoms with Gasteiger partial charge < -0.3 is 15.3 Å². The zero-order chi connectivity index (χ0) is 14.3. The fraction of sp³-hybridized carbons (Fsp3) is 0.867. The number of likely N-dealkylation sites (tertiary alicyclic amines) is 1. The third-order valence-electron chi connectivity index (χ3n) is 3.56. The first-order valence-electron chi connectivity index (χ1n) is 7.39. The van der Waals surface area contributed by atoms with Crippen LogP contribution in [0.3, 0.4) is 0 Å². The SMILES string of the molecule is CC(C)=CCN1CCC(NCC(O)CN(C)C)CC1. The first kappa shape index (κ1) is 16.6. The number of aliphatic hydroxyl groups excluding tert-OH is 1. The summed E-state index contributed by atoms with van der Waals surface area (Å²) in [6, 6.07) is 0.569. The average Bonchev–Trinajstić information content (AvgIpc) is 2.34. The molecule has 1 aliphatic rings. The fourth-order valence-corrected chi connectivity index (χ4v) is 2.42. The number of allylic oxidation sites excluding steroid dienone is 1. The Morgan fingerprint density at radius 3 is 2.53 bits per heavy atom. The Morgan fingerprint density at radius 2 is 2.00 bits per heavy atom. The number of hydrogen-bond donors (Lipinski definition) is 2. The van der Waals surface area contributed by atoms with E-state index in [4.69, 9.17) is 0 Å². The highest BCUT2D eigenvalue weighted by atomic mass is 16.3. The smallest absolute Gasteiger partial charge is 0.0791 e. The number of hydrogen-bond acceptors (Lipinski definition) is 4. The molecule has 1 aliphatic heterocycles. The summed E-state index contributed by atoms with van der Waals surface area (Å²) in [4.78, 5) is 4.52. The van der Waals surface area contributed by atoms with Crippen LogP contribution in [-0.4, -0.2) is 73.9 Å².